The highest BCUT2D eigenvalue weighted by Gasteiger charge is 2.56. The van der Waals surface area contributed by atoms with E-state index in [0.29, 0.717) is 10.3 Å². The van der Waals surface area contributed by atoms with Crippen molar-refractivity contribution in [2.24, 2.45) is 0 Å². The quantitative estimate of drug-likeness (QED) is 0.342. The number of anilines is 1. The molecule has 150 valence electrons. The Kier molecular flexibility index (Phi) is 6.46. The van der Waals surface area contributed by atoms with E-state index in [1.54, 1.807) is 12.1 Å². The summed E-state index contributed by atoms with van der Waals surface area (Å²) in [5.41, 5.74) is 0.0475. The first-order valence-electron chi connectivity index (χ1n) is 8.24. The molecular weight excluding hydrogens is 472 g/mol. The summed E-state index contributed by atoms with van der Waals surface area (Å²) in [5.74, 6) is -1.90. The minimum atomic E-state index is -0.943. The number of halogens is 1. The monoisotopic (exact) mass is 488 g/mol. The maximum Gasteiger partial charge on any atom is 0.337 e. The van der Waals surface area contributed by atoms with Gasteiger partial charge in [0.2, 0.25) is 5.91 Å². The number of fused-ring (bicyclic) bond motifs is 1. The number of carbonyl (C=O) groups is 4. The topological polar surface area (TPSA) is 93.2 Å². The number of methoxy groups -OCH3 is 1. The highest BCUT2D eigenvalue weighted by molar-refractivity contribution is 9.09. The van der Waals surface area contributed by atoms with Gasteiger partial charge in [-0.15, -0.1) is 23.1 Å². The van der Waals surface area contributed by atoms with Crippen molar-refractivity contribution in [1.29, 1.82) is 0 Å². The molecule has 11 heteroatoms. The molecule has 2 aliphatic rings. The Labute approximate surface area is 177 Å². The van der Waals surface area contributed by atoms with Crippen molar-refractivity contribution in [3.8, 4) is 0 Å². The van der Waals surface area contributed by atoms with Crippen molar-refractivity contribution in [2.45, 2.75) is 23.6 Å². The van der Waals surface area contributed by atoms with Gasteiger partial charge in [-0.05, 0) is 17.5 Å². The van der Waals surface area contributed by atoms with Crippen LogP contribution < -0.4 is 4.90 Å². The Bertz CT molecular complexity index is 828. The van der Waals surface area contributed by atoms with E-state index in [-0.39, 0.29) is 24.0 Å². The number of carbonyl (C=O) groups excluding carboxylic acids is 4. The van der Waals surface area contributed by atoms with Crippen molar-refractivity contribution in [1.82, 2.24) is 4.90 Å². The highest BCUT2D eigenvalue weighted by Crippen LogP contribution is 2.44. The molecule has 1 saturated heterocycles. The molecule has 28 heavy (non-hydrogen) atoms. The Balaban J connectivity index is 1.91. The molecule has 2 aliphatic heterocycles. The van der Waals surface area contributed by atoms with Crippen molar-refractivity contribution < 1.29 is 28.7 Å². The predicted octanol–water partition coefficient (Wildman–Crippen LogP) is 1.75. The molecule has 2 unspecified atom stereocenters. The number of thioether (sulfide) groups is 1. The van der Waals surface area contributed by atoms with Crippen LogP contribution in [0.4, 0.5) is 5.00 Å². The molecule has 0 saturated carbocycles. The maximum absolute atomic E-state index is 12.8. The van der Waals surface area contributed by atoms with Crippen LogP contribution in [-0.4, -0.2) is 64.4 Å². The van der Waals surface area contributed by atoms with Gasteiger partial charge in [-0.3, -0.25) is 19.3 Å². The van der Waals surface area contributed by atoms with E-state index in [2.05, 4.69) is 15.9 Å². The lowest BCUT2D eigenvalue weighted by Gasteiger charge is -2.51. The second-order valence-corrected chi connectivity index (χ2v) is 8.82. The van der Waals surface area contributed by atoms with Crippen molar-refractivity contribution >= 4 is 67.8 Å². The number of ether oxygens (including phenoxy) is 2. The van der Waals surface area contributed by atoms with E-state index < -0.39 is 28.6 Å². The van der Waals surface area contributed by atoms with Gasteiger partial charge in [-0.25, -0.2) is 4.79 Å². The SMILES string of the molecule is COC(=O)C1S[C@@H]2C(N(C(C)=O)c3cccs3)C(=O)N2C=C1C(=O)OCCBr. The Hall–Kier alpha value is -1.85. The number of β-lactam (4-membered cyclic amide) rings is 1. The van der Waals surface area contributed by atoms with Crippen LogP contribution in [0, 0.1) is 0 Å². The van der Waals surface area contributed by atoms with Crippen LogP contribution in [0.2, 0.25) is 0 Å². The molecule has 2 amide bonds. The lowest BCUT2D eigenvalue weighted by Crippen LogP contribution is -2.70. The van der Waals surface area contributed by atoms with Gasteiger partial charge in [0.15, 0.2) is 0 Å². The van der Waals surface area contributed by atoms with Gasteiger partial charge in [-0.2, -0.15) is 0 Å². The summed E-state index contributed by atoms with van der Waals surface area (Å²) in [6, 6.07) is 2.79. The molecule has 3 atom stereocenters. The molecule has 0 radical (unpaired) electrons. The summed E-state index contributed by atoms with van der Waals surface area (Å²) >= 11 is 5.61. The van der Waals surface area contributed by atoms with E-state index >= 15 is 0 Å². The Morgan fingerprint density at radius 1 is 1.36 bits per heavy atom. The lowest BCUT2D eigenvalue weighted by atomic mass is 10.0. The maximum atomic E-state index is 12.8. The summed E-state index contributed by atoms with van der Waals surface area (Å²) in [6.07, 6.45) is 1.34. The van der Waals surface area contributed by atoms with Crippen LogP contribution in [0.25, 0.3) is 0 Å². The molecule has 0 N–H and O–H groups in total. The van der Waals surface area contributed by atoms with E-state index in [1.165, 1.54) is 41.4 Å². The standard InChI is InChI=1S/C17H17BrN2O6S2/c1-9(21)20(11-4-3-7-27-11)12-14(22)19-8-10(16(23)26-6-5-18)13(17(24)25-2)28-15(12)19/h3-4,7-8,12-13,15H,5-6H2,1-2H3/t12?,13?,15-/m1/s1. The Morgan fingerprint density at radius 3 is 2.68 bits per heavy atom. The summed E-state index contributed by atoms with van der Waals surface area (Å²) < 4.78 is 9.92. The number of esters is 2. The average molecular weight is 489 g/mol. The molecule has 1 aromatic heterocycles. The number of alkyl halides is 1. The van der Waals surface area contributed by atoms with E-state index in [9.17, 15) is 19.2 Å². The molecule has 0 bridgehead atoms. The van der Waals surface area contributed by atoms with Crippen LogP contribution >= 0.6 is 39.0 Å². The summed E-state index contributed by atoms with van der Waals surface area (Å²) in [5, 5.41) is 1.46. The highest BCUT2D eigenvalue weighted by atomic mass is 79.9. The fourth-order valence-corrected chi connectivity index (χ4v) is 5.42. The van der Waals surface area contributed by atoms with Gasteiger partial charge in [-0.1, -0.05) is 15.9 Å². The third-order valence-corrected chi connectivity index (χ3v) is 6.88. The first-order chi connectivity index (χ1) is 13.4. The lowest BCUT2D eigenvalue weighted by molar-refractivity contribution is -0.146. The van der Waals surface area contributed by atoms with Gasteiger partial charge in [0.25, 0.3) is 5.91 Å². The number of hydrogen-bond acceptors (Lipinski definition) is 8. The van der Waals surface area contributed by atoms with Gasteiger partial charge in [0.1, 0.15) is 23.3 Å². The molecule has 1 fully saturated rings. The smallest absolute Gasteiger partial charge is 0.337 e. The number of thiophene rings is 1. The van der Waals surface area contributed by atoms with Crippen molar-refractivity contribution in [3.05, 3.63) is 29.3 Å². The van der Waals surface area contributed by atoms with Gasteiger partial charge >= 0.3 is 11.9 Å². The molecule has 3 rings (SSSR count). The third kappa shape index (κ3) is 3.70. The zero-order valence-electron chi connectivity index (χ0n) is 15.0. The summed E-state index contributed by atoms with van der Waals surface area (Å²) in [7, 11) is 1.23. The third-order valence-electron chi connectivity index (χ3n) is 4.21. The molecule has 1 aromatic rings. The second kappa shape index (κ2) is 8.66. The number of hydrogen-bond donors (Lipinski definition) is 0. The van der Waals surface area contributed by atoms with Gasteiger partial charge < -0.3 is 14.4 Å². The summed E-state index contributed by atoms with van der Waals surface area (Å²) in [6.45, 7) is 1.52. The molecule has 0 aromatic carbocycles. The molecule has 8 nitrogen and oxygen atoms in total. The largest absolute Gasteiger partial charge is 0.468 e. The zero-order chi connectivity index (χ0) is 20.4. The van der Waals surface area contributed by atoms with Crippen LogP contribution in [0.5, 0.6) is 0 Å². The number of rotatable bonds is 6. The minimum absolute atomic E-state index is 0.0475. The number of amides is 2. The second-order valence-electron chi connectivity index (χ2n) is 5.87. The van der Waals surface area contributed by atoms with Crippen molar-refractivity contribution in [2.75, 3.05) is 23.9 Å². The van der Waals surface area contributed by atoms with E-state index in [0.717, 1.165) is 11.8 Å². The molecule has 0 aliphatic carbocycles. The Morgan fingerprint density at radius 2 is 2.11 bits per heavy atom. The minimum Gasteiger partial charge on any atom is -0.468 e. The first-order valence-corrected chi connectivity index (χ1v) is 11.2. The van der Waals surface area contributed by atoms with Crippen LogP contribution in [0.1, 0.15) is 6.92 Å². The van der Waals surface area contributed by atoms with Crippen LogP contribution in [0.3, 0.4) is 0 Å². The zero-order valence-corrected chi connectivity index (χ0v) is 18.2. The molecular formula is C17H17BrN2O6S2. The average Bonchev–Trinajstić information content (AvgIpc) is 3.22. The fraction of sp³-hybridized carbons (Fsp3) is 0.412. The van der Waals surface area contributed by atoms with Crippen LogP contribution in [0.15, 0.2) is 29.3 Å². The van der Waals surface area contributed by atoms with Gasteiger partial charge in [0, 0.05) is 18.5 Å². The van der Waals surface area contributed by atoms with E-state index in [1.807, 2.05) is 5.38 Å². The predicted molar refractivity (Wildman–Crippen MR) is 108 cm³/mol. The van der Waals surface area contributed by atoms with E-state index in [4.69, 9.17) is 9.47 Å². The van der Waals surface area contributed by atoms with Crippen LogP contribution in [-0.2, 0) is 28.7 Å². The molecule has 3 heterocycles. The van der Waals surface area contributed by atoms with Crippen molar-refractivity contribution in [3.63, 3.8) is 0 Å². The number of nitrogens with zero attached hydrogens (tertiary/aromatic N) is 2. The molecule has 0 spiro atoms. The normalized spacial score (nSPS) is 23.2. The summed E-state index contributed by atoms with van der Waals surface area (Å²) in [4.78, 5) is 52.4. The van der Waals surface area contributed by atoms with Gasteiger partial charge in [0.05, 0.1) is 17.7 Å². The fourth-order valence-electron chi connectivity index (χ4n) is 2.97. The first kappa shape index (κ1) is 20.9.